The maximum Gasteiger partial charge on any atom is -0.0316 e. The monoisotopic (exact) mass is 228 g/mol. The minimum Gasteiger partial charge on any atom is -0.0882 e. The van der Waals surface area contributed by atoms with Gasteiger partial charge < -0.3 is 0 Å². The van der Waals surface area contributed by atoms with Crippen LogP contribution in [0, 0.1) is 0 Å². The standard InChI is InChI=1S/C8H12.C8H8.CH4/c2*1-2-4-6-8-7-5-3-1;/h1-2,7-8H,3-6H2;1-8H;1H4/b;2-1-,3-1?,4-2?,5-3-,6-4?,7-5?,8-6?,8-7?;. The third kappa shape index (κ3) is 10.7. The van der Waals surface area contributed by atoms with Gasteiger partial charge in [0.1, 0.15) is 0 Å². The van der Waals surface area contributed by atoms with Gasteiger partial charge in [0.15, 0.2) is 0 Å². The summed E-state index contributed by atoms with van der Waals surface area (Å²) in [6.07, 6.45) is 30.0. The summed E-state index contributed by atoms with van der Waals surface area (Å²) in [6, 6.07) is 0. The molecule has 2 aliphatic carbocycles. The molecule has 0 bridgehead atoms. The van der Waals surface area contributed by atoms with E-state index in [9.17, 15) is 0 Å². The molecule has 0 amide bonds. The van der Waals surface area contributed by atoms with Crippen LogP contribution in [0.1, 0.15) is 33.1 Å². The van der Waals surface area contributed by atoms with Crippen molar-refractivity contribution in [2.24, 2.45) is 0 Å². The Morgan fingerprint density at radius 2 is 0.529 bits per heavy atom. The Morgan fingerprint density at radius 3 is 0.706 bits per heavy atom. The Bertz CT molecular complexity index is 240. The molecule has 2 aliphatic rings. The third-order valence-corrected chi connectivity index (χ3v) is 2.22. The van der Waals surface area contributed by atoms with Gasteiger partial charge in [0.25, 0.3) is 0 Å². The van der Waals surface area contributed by atoms with Crippen molar-refractivity contribution < 1.29 is 0 Å². The van der Waals surface area contributed by atoms with E-state index in [-0.39, 0.29) is 7.43 Å². The molecule has 0 heterocycles. The van der Waals surface area contributed by atoms with Crippen molar-refractivity contribution in [2.45, 2.75) is 33.1 Å². The van der Waals surface area contributed by atoms with Crippen LogP contribution in [0.2, 0.25) is 0 Å². The largest absolute Gasteiger partial charge is 0.0882 e. The van der Waals surface area contributed by atoms with Crippen LogP contribution in [-0.4, -0.2) is 0 Å². The molecule has 0 unspecified atom stereocenters. The average Bonchev–Trinajstić information content (AvgIpc) is 2.15. The molecule has 92 valence electrons. The SMILES string of the molecule is C.C1=C/C=C\C=C/C=C1.C1=CCCC=CCC1. The van der Waals surface area contributed by atoms with Crippen molar-refractivity contribution in [1.82, 2.24) is 0 Å². The first-order valence-electron chi connectivity index (χ1n) is 5.97. The van der Waals surface area contributed by atoms with Gasteiger partial charge in [-0.2, -0.15) is 0 Å². The van der Waals surface area contributed by atoms with Crippen molar-refractivity contribution in [1.29, 1.82) is 0 Å². The van der Waals surface area contributed by atoms with Crippen LogP contribution in [0.4, 0.5) is 0 Å². The van der Waals surface area contributed by atoms with Gasteiger partial charge in [-0.05, 0) is 25.7 Å². The van der Waals surface area contributed by atoms with E-state index in [2.05, 4.69) is 24.3 Å². The Kier molecular flexibility index (Phi) is 11.4. The maximum absolute atomic E-state index is 2.27. The van der Waals surface area contributed by atoms with Crippen molar-refractivity contribution in [3.8, 4) is 0 Å². The third-order valence-electron chi connectivity index (χ3n) is 2.22. The Morgan fingerprint density at radius 1 is 0.353 bits per heavy atom. The second-order valence-corrected chi connectivity index (χ2v) is 3.64. The van der Waals surface area contributed by atoms with Gasteiger partial charge in [0.05, 0.1) is 0 Å². The second kappa shape index (κ2) is 12.5. The summed E-state index contributed by atoms with van der Waals surface area (Å²) < 4.78 is 0. The first-order valence-corrected chi connectivity index (χ1v) is 5.97. The highest BCUT2D eigenvalue weighted by Crippen LogP contribution is 2.02. The molecule has 0 radical (unpaired) electrons. The summed E-state index contributed by atoms with van der Waals surface area (Å²) in [5, 5.41) is 0. The van der Waals surface area contributed by atoms with Crippen LogP contribution >= 0.6 is 0 Å². The van der Waals surface area contributed by atoms with Crippen molar-refractivity contribution >= 4 is 0 Å². The molecule has 0 fully saturated rings. The maximum atomic E-state index is 2.27. The highest BCUT2D eigenvalue weighted by molar-refractivity contribution is 5.23. The number of hydrogen-bond donors (Lipinski definition) is 0. The van der Waals surface area contributed by atoms with Crippen molar-refractivity contribution in [2.75, 3.05) is 0 Å². The second-order valence-electron chi connectivity index (χ2n) is 3.64. The number of rotatable bonds is 0. The summed E-state index contributed by atoms with van der Waals surface area (Å²) >= 11 is 0. The highest BCUT2D eigenvalue weighted by atomic mass is 13.9. The minimum absolute atomic E-state index is 0. The highest BCUT2D eigenvalue weighted by Gasteiger charge is 1.81. The molecule has 0 aromatic rings. The smallest absolute Gasteiger partial charge is 0.0316 e. The summed E-state index contributed by atoms with van der Waals surface area (Å²) in [5.41, 5.74) is 0. The van der Waals surface area contributed by atoms with Crippen LogP contribution in [0.25, 0.3) is 0 Å². The predicted molar refractivity (Wildman–Crippen MR) is 80.0 cm³/mol. The van der Waals surface area contributed by atoms with E-state index in [0.29, 0.717) is 0 Å². The molecule has 0 saturated heterocycles. The lowest BCUT2D eigenvalue weighted by atomic mass is 10.1. The summed E-state index contributed by atoms with van der Waals surface area (Å²) in [6.45, 7) is 0. The van der Waals surface area contributed by atoms with E-state index in [1.165, 1.54) is 25.7 Å². The molecule has 0 atom stereocenters. The first-order chi connectivity index (χ1) is 8.00. The molecular formula is C17H24. The zero-order valence-corrected chi connectivity index (χ0v) is 9.76. The van der Waals surface area contributed by atoms with Crippen molar-refractivity contribution in [3.05, 3.63) is 72.9 Å². The summed E-state index contributed by atoms with van der Waals surface area (Å²) in [5.74, 6) is 0. The van der Waals surface area contributed by atoms with Gasteiger partial charge in [0.2, 0.25) is 0 Å². The topological polar surface area (TPSA) is 0 Å². The van der Waals surface area contributed by atoms with E-state index in [4.69, 9.17) is 0 Å². The van der Waals surface area contributed by atoms with Crippen LogP contribution < -0.4 is 0 Å². The molecular weight excluding hydrogens is 204 g/mol. The molecule has 17 heavy (non-hydrogen) atoms. The van der Waals surface area contributed by atoms with Gasteiger partial charge in [-0.3, -0.25) is 0 Å². The minimum atomic E-state index is 0. The fourth-order valence-electron chi connectivity index (χ4n) is 1.37. The van der Waals surface area contributed by atoms with Gasteiger partial charge in [-0.15, -0.1) is 0 Å². The molecule has 0 saturated carbocycles. The molecule has 0 N–H and O–H groups in total. The average molecular weight is 228 g/mol. The van der Waals surface area contributed by atoms with Crippen LogP contribution in [0.3, 0.4) is 0 Å². The van der Waals surface area contributed by atoms with E-state index in [1.807, 2.05) is 48.6 Å². The van der Waals surface area contributed by atoms with Crippen molar-refractivity contribution in [3.63, 3.8) is 0 Å². The fraction of sp³-hybridized carbons (Fsp3) is 0.294. The summed E-state index contributed by atoms with van der Waals surface area (Å²) in [7, 11) is 0. The Hall–Kier alpha value is -1.56. The van der Waals surface area contributed by atoms with Crippen LogP contribution in [0.15, 0.2) is 72.9 Å². The molecule has 0 nitrogen and oxygen atoms in total. The van der Waals surface area contributed by atoms with Gasteiger partial charge >= 0.3 is 0 Å². The molecule has 0 aromatic heterocycles. The van der Waals surface area contributed by atoms with Gasteiger partial charge in [-0.25, -0.2) is 0 Å². The van der Waals surface area contributed by atoms with E-state index in [0.717, 1.165) is 0 Å². The summed E-state index contributed by atoms with van der Waals surface area (Å²) in [4.78, 5) is 0. The zero-order valence-electron chi connectivity index (χ0n) is 9.76. The van der Waals surface area contributed by atoms with Crippen LogP contribution in [-0.2, 0) is 0 Å². The lowest BCUT2D eigenvalue weighted by Crippen LogP contribution is -1.71. The number of hydrogen-bond acceptors (Lipinski definition) is 0. The molecule has 2 rings (SSSR count). The van der Waals surface area contributed by atoms with E-state index in [1.54, 1.807) is 0 Å². The lowest BCUT2D eigenvalue weighted by molar-refractivity contribution is 0.962. The molecule has 0 spiro atoms. The van der Waals surface area contributed by atoms with Gasteiger partial charge in [0, 0.05) is 0 Å². The van der Waals surface area contributed by atoms with Gasteiger partial charge in [-0.1, -0.05) is 80.3 Å². The first kappa shape index (κ1) is 15.4. The van der Waals surface area contributed by atoms with Crippen LogP contribution in [0.5, 0.6) is 0 Å². The van der Waals surface area contributed by atoms with E-state index >= 15 is 0 Å². The fourth-order valence-corrected chi connectivity index (χ4v) is 1.37. The molecule has 0 heteroatoms. The Balaban J connectivity index is 0.000000284. The molecule has 0 aliphatic heterocycles. The molecule has 0 aromatic carbocycles. The Labute approximate surface area is 106 Å². The van der Waals surface area contributed by atoms with E-state index < -0.39 is 0 Å². The normalized spacial score (nSPS) is 20.7. The number of allylic oxidation sites excluding steroid dienone is 12. The zero-order chi connectivity index (χ0) is 11.3. The quantitative estimate of drug-likeness (QED) is 0.478. The lowest BCUT2D eigenvalue weighted by Gasteiger charge is -1.92. The predicted octanol–water partition coefficient (Wildman–Crippen LogP) is 5.53.